The third-order valence-electron chi connectivity index (χ3n) is 9.63. The largest absolute Gasteiger partial charge is 0.0851 e. The van der Waals surface area contributed by atoms with E-state index >= 15 is 0 Å². The lowest BCUT2D eigenvalue weighted by atomic mass is 9.74. The van der Waals surface area contributed by atoms with Crippen LogP contribution in [-0.2, 0) is 0 Å². The smallest absolute Gasteiger partial charge is 0.0803 e. The number of hydrogen-bond acceptors (Lipinski definition) is 0. The zero-order valence-corrected chi connectivity index (χ0v) is 26.9. The Morgan fingerprint density at radius 3 is 2.34 bits per heavy atom. The van der Waals surface area contributed by atoms with E-state index in [-0.39, 0.29) is 0 Å². The van der Waals surface area contributed by atoms with Crippen molar-refractivity contribution < 1.29 is 0 Å². The summed E-state index contributed by atoms with van der Waals surface area (Å²) in [5, 5.41) is 1.81. The third kappa shape index (κ3) is 4.99. The molecule has 1 saturated carbocycles. The fourth-order valence-electron chi connectivity index (χ4n) is 8.33. The van der Waals surface area contributed by atoms with E-state index in [0.29, 0.717) is 0 Å². The molecule has 0 radical (unpaired) electrons. The Hall–Kier alpha value is -0.909. The molecule has 190 valence electrons. The van der Waals surface area contributed by atoms with E-state index < -0.39 is 24.2 Å². The van der Waals surface area contributed by atoms with Crippen LogP contribution in [0.1, 0.15) is 38.5 Å². The third-order valence-corrected chi connectivity index (χ3v) is 17.1. The van der Waals surface area contributed by atoms with Gasteiger partial charge in [0.15, 0.2) is 0 Å². The van der Waals surface area contributed by atoms with Crippen molar-refractivity contribution in [1.82, 2.24) is 0 Å². The van der Waals surface area contributed by atoms with Gasteiger partial charge in [-0.25, -0.2) is 0 Å². The minimum absolute atomic E-state index is 0.812. The van der Waals surface area contributed by atoms with Gasteiger partial charge in [0.2, 0.25) is 0 Å². The quantitative estimate of drug-likeness (QED) is 0.307. The molecule has 3 heteroatoms. The van der Waals surface area contributed by atoms with Crippen LogP contribution < -0.4 is 0 Å². The second-order valence-electron chi connectivity index (χ2n) is 15.3. The fraction of sp³-hybridized carbons (Fsp3) is 0.625. The van der Waals surface area contributed by atoms with E-state index in [1.54, 1.807) is 22.3 Å². The first kappa shape index (κ1) is 25.7. The normalized spacial score (nSPS) is 30.9. The van der Waals surface area contributed by atoms with E-state index in [2.05, 4.69) is 88.8 Å². The van der Waals surface area contributed by atoms with Crippen molar-refractivity contribution in [3.63, 3.8) is 0 Å². The van der Waals surface area contributed by atoms with Crippen LogP contribution in [0.25, 0.3) is 0 Å². The molecule has 0 spiro atoms. The second-order valence-corrected chi connectivity index (χ2v) is 31.0. The van der Waals surface area contributed by atoms with Crippen LogP contribution in [0.4, 0.5) is 0 Å². The topological polar surface area (TPSA) is 0 Å². The minimum Gasteiger partial charge on any atom is -0.0803 e. The molecule has 0 heterocycles. The predicted molar refractivity (Wildman–Crippen MR) is 164 cm³/mol. The summed E-state index contributed by atoms with van der Waals surface area (Å²) >= 11 is 0. The van der Waals surface area contributed by atoms with Gasteiger partial charge in [0, 0.05) is 16.1 Å². The summed E-state index contributed by atoms with van der Waals surface area (Å²) in [5.41, 5.74) is 9.50. The molecule has 5 aliphatic carbocycles. The maximum atomic E-state index is 2.77. The molecule has 0 N–H and O–H groups in total. The summed E-state index contributed by atoms with van der Waals surface area (Å²) in [5.74, 6) is 2.56. The summed E-state index contributed by atoms with van der Waals surface area (Å²) in [4.78, 5) is 0. The van der Waals surface area contributed by atoms with Crippen molar-refractivity contribution in [2.45, 2.75) is 109 Å². The first-order valence-corrected chi connectivity index (χ1v) is 25.1. The van der Waals surface area contributed by atoms with Crippen LogP contribution in [0.5, 0.6) is 0 Å². The Labute approximate surface area is 219 Å². The first-order valence-electron chi connectivity index (χ1n) is 14.6. The monoisotopic (exact) mass is 518 g/mol. The summed E-state index contributed by atoms with van der Waals surface area (Å²) in [6.45, 7) is 21.0. The lowest BCUT2D eigenvalue weighted by Gasteiger charge is -2.41. The molecule has 4 unspecified atom stereocenters. The van der Waals surface area contributed by atoms with Gasteiger partial charge in [-0.05, 0) is 90.2 Å². The van der Waals surface area contributed by atoms with E-state index in [0.717, 1.165) is 29.7 Å². The SMILES string of the molecule is C[Si](C)(C)CC1=C2C=CCC=C2C([Si](C)(C)C2CC(C[Si](C)(C)C)C3C=CC4=C(CCCC4)C32)=C1. The van der Waals surface area contributed by atoms with Crippen molar-refractivity contribution in [3.05, 3.63) is 69.5 Å². The van der Waals surface area contributed by atoms with Gasteiger partial charge in [-0.3, -0.25) is 0 Å². The molecule has 35 heavy (non-hydrogen) atoms. The zero-order chi connectivity index (χ0) is 25.2. The highest BCUT2D eigenvalue weighted by Gasteiger charge is 2.54. The zero-order valence-electron chi connectivity index (χ0n) is 23.9. The summed E-state index contributed by atoms with van der Waals surface area (Å²) in [6.07, 6.45) is 23.7. The summed E-state index contributed by atoms with van der Waals surface area (Å²) in [7, 11) is -3.95. The van der Waals surface area contributed by atoms with Gasteiger partial charge in [0.25, 0.3) is 0 Å². The van der Waals surface area contributed by atoms with E-state index in [4.69, 9.17) is 0 Å². The lowest BCUT2D eigenvalue weighted by Crippen LogP contribution is -2.40. The minimum atomic E-state index is -1.68. The maximum Gasteiger partial charge on any atom is 0.0851 e. The number of allylic oxidation sites excluding steroid dienone is 12. The summed E-state index contributed by atoms with van der Waals surface area (Å²) in [6, 6.07) is 2.84. The first-order chi connectivity index (χ1) is 16.4. The molecule has 0 amide bonds. The highest BCUT2D eigenvalue weighted by atomic mass is 28.3. The van der Waals surface area contributed by atoms with Gasteiger partial charge < -0.3 is 0 Å². The molecular formula is C32H50Si3. The Bertz CT molecular complexity index is 1060. The lowest BCUT2D eigenvalue weighted by molar-refractivity contribution is 0.410. The molecule has 5 rings (SSSR count). The molecule has 1 fully saturated rings. The number of hydrogen-bond donors (Lipinski definition) is 0. The molecule has 0 aromatic carbocycles. The average molecular weight is 519 g/mol. The van der Waals surface area contributed by atoms with Gasteiger partial charge in [-0.2, -0.15) is 0 Å². The molecule has 4 atom stereocenters. The molecule has 0 nitrogen and oxygen atoms in total. The Balaban J connectivity index is 1.54. The standard InChI is InChI=1S/C32H50Si3/c1-33(2,3)21-24-19-30(29-16-12-11-14-26(24)29)35(7,8)31-20-25(22-34(4,5)6)28-18-17-23-13-9-10-15-27(23)32(28)31/h11,14,16-19,25,28,31-32H,9-10,12-13,15,20-22H2,1-8H3. The van der Waals surface area contributed by atoms with Crippen LogP contribution in [0, 0.1) is 17.8 Å². The van der Waals surface area contributed by atoms with Crippen molar-refractivity contribution in [1.29, 1.82) is 0 Å². The second kappa shape index (κ2) is 9.13. The van der Waals surface area contributed by atoms with Gasteiger partial charge in [0.05, 0.1) is 8.07 Å². The Kier molecular flexibility index (Phi) is 6.71. The maximum absolute atomic E-state index is 2.77. The van der Waals surface area contributed by atoms with Crippen LogP contribution in [0.15, 0.2) is 69.5 Å². The van der Waals surface area contributed by atoms with E-state index in [1.807, 2.05) is 10.8 Å². The molecule has 0 aromatic heterocycles. The predicted octanol–water partition coefficient (Wildman–Crippen LogP) is 10.1. The fourth-order valence-corrected chi connectivity index (χ4v) is 15.9. The Morgan fingerprint density at radius 1 is 0.886 bits per heavy atom. The van der Waals surface area contributed by atoms with Crippen molar-refractivity contribution in [2.75, 3.05) is 0 Å². The van der Waals surface area contributed by atoms with Gasteiger partial charge in [0.1, 0.15) is 0 Å². The van der Waals surface area contributed by atoms with Crippen molar-refractivity contribution in [3.8, 4) is 0 Å². The van der Waals surface area contributed by atoms with Crippen LogP contribution in [-0.4, -0.2) is 24.2 Å². The molecule has 0 bridgehead atoms. The molecule has 5 aliphatic rings. The highest BCUT2D eigenvalue weighted by Crippen LogP contribution is 2.61. The van der Waals surface area contributed by atoms with Gasteiger partial charge >= 0.3 is 0 Å². The van der Waals surface area contributed by atoms with E-state index in [1.165, 1.54) is 44.2 Å². The van der Waals surface area contributed by atoms with Crippen molar-refractivity contribution >= 4 is 24.2 Å². The van der Waals surface area contributed by atoms with Crippen molar-refractivity contribution in [2.24, 2.45) is 17.8 Å². The summed E-state index contributed by atoms with van der Waals surface area (Å²) < 4.78 is 0. The number of fused-ring (bicyclic) bond motifs is 3. The van der Waals surface area contributed by atoms with Gasteiger partial charge in [-0.15, -0.1) is 0 Å². The van der Waals surface area contributed by atoms with Gasteiger partial charge in [-0.1, -0.05) is 106 Å². The van der Waals surface area contributed by atoms with E-state index in [9.17, 15) is 0 Å². The average Bonchev–Trinajstić information content (AvgIpc) is 3.31. The molecular weight excluding hydrogens is 469 g/mol. The molecule has 0 aromatic rings. The van der Waals surface area contributed by atoms with Crippen LogP contribution in [0.2, 0.25) is 70.0 Å². The Morgan fingerprint density at radius 2 is 1.63 bits per heavy atom. The molecule has 0 saturated heterocycles. The molecule has 0 aliphatic heterocycles. The van der Waals surface area contributed by atoms with Crippen LogP contribution in [0.3, 0.4) is 0 Å². The van der Waals surface area contributed by atoms with Crippen LogP contribution >= 0.6 is 0 Å². The number of rotatable bonds is 6. The highest BCUT2D eigenvalue weighted by molar-refractivity contribution is 6.87.